The molecule has 0 atom stereocenters. The zero-order valence-corrected chi connectivity index (χ0v) is 16.1. The number of nitrogens with zero attached hydrogens (tertiary/aromatic N) is 2. The van der Waals surface area contributed by atoms with Crippen molar-refractivity contribution in [3.05, 3.63) is 54.2 Å². The van der Waals surface area contributed by atoms with Gasteiger partial charge >= 0.3 is 0 Å². The number of carbonyl (C=O) groups excluding carboxylic acids is 2. The summed E-state index contributed by atoms with van der Waals surface area (Å²) in [6, 6.07) is 13.9. The number of aromatic nitrogens is 1. The first-order chi connectivity index (χ1) is 13.7. The van der Waals surface area contributed by atoms with Crippen LogP contribution in [0.5, 0.6) is 0 Å². The molecular formula is C23H27N3O2. The van der Waals surface area contributed by atoms with Crippen molar-refractivity contribution in [2.24, 2.45) is 5.92 Å². The van der Waals surface area contributed by atoms with E-state index in [0.29, 0.717) is 24.7 Å². The van der Waals surface area contributed by atoms with Crippen molar-refractivity contribution in [1.29, 1.82) is 0 Å². The van der Waals surface area contributed by atoms with Gasteiger partial charge in [0, 0.05) is 42.4 Å². The van der Waals surface area contributed by atoms with E-state index in [1.807, 2.05) is 41.3 Å². The molecular weight excluding hydrogens is 350 g/mol. The number of benzene rings is 1. The van der Waals surface area contributed by atoms with E-state index in [1.165, 1.54) is 12.8 Å². The van der Waals surface area contributed by atoms with Crippen LogP contribution >= 0.6 is 0 Å². The van der Waals surface area contributed by atoms with Gasteiger partial charge in [-0.15, -0.1) is 0 Å². The lowest BCUT2D eigenvalue weighted by atomic mass is 9.95. The normalized spacial score (nSPS) is 18.2. The van der Waals surface area contributed by atoms with E-state index < -0.39 is 0 Å². The fourth-order valence-electron chi connectivity index (χ4n) is 4.25. The van der Waals surface area contributed by atoms with Crippen molar-refractivity contribution in [2.45, 2.75) is 44.6 Å². The Morgan fingerprint density at radius 2 is 1.68 bits per heavy atom. The summed E-state index contributed by atoms with van der Waals surface area (Å²) in [4.78, 5) is 31.7. The van der Waals surface area contributed by atoms with Crippen LogP contribution in [-0.4, -0.2) is 40.8 Å². The molecule has 1 saturated heterocycles. The second kappa shape index (κ2) is 8.55. The third-order valence-electron chi connectivity index (χ3n) is 5.93. The summed E-state index contributed by atoms with van der Waals surface area (Å²) in [6.45, 7) is 1.26. The van der Waals surface area contributed by atoms with Crippen LogP contribution in [0, 0.1) is 5.92 Å². The second-order valence-corrected chi connectivity index (χ2v) is 7.85. The van der Waals surface area contributed by atoms with Gasteiger partial charge in [0.05, 0.1) is 5.69 Å². The number of rotatable bonds is 4. The average molecular weight is 377 g/mol. The molecule has 28 heavy (non-hydrogen) atoms. The summed E-state index contributed by atoms with van der Waals surface area (Å²) in [7, 11) is 0. The Morgan fingerprint density at radius 1 is 0.964 bits per heavy atom. The molecule has 1 aromatic heterocycles. The van der Waals surface area contributed by atoms with Gasteiger partial charge < -0.3 is 10.2 Å². The number of carbonyl (C=O) groups is 2. The Kier molecular flexibility index (Phi) is 5.70. The highest BCUT2D eigenvalue weighted by Crippen LogP contribution is 2.23. The molecule has 2 heterocycles. The van der Waals surface area contributed by atoms with E-state index >= 15 is 0 Å². The monoisotopic (exact) mass is 377 g/mol. The molecule has 0 unspecified atom stereocenters. The van der Waals surface area contributed by atoms with Crippen LogP contribution in [0.1, 0.15) is 48.9 Å². The topological polar surface area (TPSA) is 62.3 Å². The van der Waals surface area contributed by atoms with Crippen LogP contribution in [0.15, 0.2) is 48.7 Å². The highest BCUT2D eigenvalue weighted by Gasteiger charge is 2.29. The van der Waals surface area contributed by atoms with Crippen LogP contribution in [-0.2, 0) is 4.79 Å². The molecule has 2 amide bonds. The van der Waals surface area contributed by atoms with Gasteiger partial charge in [-0.25, -0.2) is 0 Å². The molecule has 1 N–H and O–H groups in total. The molecule has 5 heteroatoms. The Labute approximate surface area is 166 Å². The lowest BCUT2D eigenvalue weighted by Crippen LogP contribution is -2.44. The van der Waals surface area contributed by atoms with Crippen molar-refractivity contribution in [1.82, 2.24) is 15.2 Å². The molecule has 1 aliphatic heterocycles. The van der Waals surface area contributed by atoms with Gasteiger partial charge in [0.2, 0.25) is 5.91 Å². The third kappa shape index (κ3) is 4.24. The third-order valence-corrected chi connectivity index (χ3v) is 5.93. The number of hydrogen-bond donors (Lipinski definition) is 1. The van der Waals surface area contributed by atoms with Gasteiger partial charge in [0.25, 0.3) is 5.91 Å². The highest BCUT2D eigenvalue weighted by atomic mass is 16.2. The van der Waals surface area contributed by atoms with Gasteiger partial charge in [0.1, 0.15) is 0 Å². The summed E-state index contributed by atoms with van der Waals surface area (Å²) >= 11 is 0. The van der Waals surface area contributed by atoms with Crippen molar-refractivity contribution in [3.8, 4) is 11.3 Å². The van der Waals surface area contributed by atoms with Gasteiger partial charge in [-0.2, -0.15) is 0 Å². The predicted molar refractivity (Wildman–Crippen MR) is 109 cm³/mol. The van der Waals surface area contributed by atoms with Crippen LogP contribution < -0.4 is 5.32 Å². The number of piperidine rings is 1. The summed E-state index contributed by atoms with van der Waals surface area (Å²) in [6.07, 6.45) is 7.81. The van der Waals surface area contributed by atoms with Gasteiger partial charge in [0.15, 0.2) is 0 Å². The average Bonchev–Trinajstić information content (AvgIpc) is 3.27. The summed E-state index contributed by atoms with van der Waals surface area (Å²) < 4.78 is 0. The first kappa shape index (κ1) is 18.7. The first-order valence-electron chi connectivity index (χ1n) is 10.3. The Bertz CT molecular complexity index is 823. The van der Waals surface area contributed by atoms with E-state index in [-0.39, 0.29) is 17.7 Å². The summed E-state index contributed by atoms with van der Waals surface area (Å²) in [5.41, 5.74) is 2.46. The molecule has 2 aromatic rings. The zero-order valence-electron chi connectivity index (χ0n) is 16.1. The molecule has 0 spiro atoms. The molecule has 1 aromatic carbocycles. The standard InChI is InChI=1S/C23H27N3O2/c27-22(25-20-8-4-5-9-20)18-11-14-26(15-12-18)23(28)19-10-13-24-21(16-19)17-6-2-1-3-7-17/h1-3,6-7,10,13,16,18,20H,4-5,8-9,11-12,14-15H2,(H,25,27). The van der Waals surface area contributed by atoms with Crippen molar-refractivity contribution < 1.29 is 9.59 Å². The highest BCUT2D eigenvalue weighted by molar-refractivity contribution is 5.95. The molecule has 146 valence electrons. The lowest BCUT2D eigenvalue weighted by Gasteiger charge is -2.32. The Hall–Kier alpha value is -2.69. The number of nitrogens with one attached hydrogen (secondary N) is 1. The SMILES string of the molecule is O=C(NC1CCCC1)C1CCN(C(=O)c2ccnc(-c3ccccc3)c2)CC1. The zero-order chi connectivity index (χ0) is 19.3. The largest absolute Gasteiger partial charge is 0.353 e. The van der Waals surface area contributed by atoms with Crippen LogP contribution in [0.3, 0.4) is 0 Å². The van der Waals surface area contributed by atoms with E-state index in [1.54, 1.807) is 12.3 Å². The predicted octanol–water partition coefficient (Wildman–Crippen LogP) is 3.66. The number of likely N-dealkylation sites (tertiary alicyclic amines) is 1. The maximum absolute atomic E-state index is 12.9. The minimum Gasteiger partial charge on any atom is -0.353 e. The first-order valence-corrected chi connectivity index (χ1v) is 10.3. The minimum absolute atomic E-state index is 0.0224. The molecule has 4 rings (SSSR count). The lowest BCUT2D eigenvalue weighted by molar-refractivity contribution is -0.127. The smallest absolute Gasteiger partial charge is 0.253 e. The molecule has 1 aliphatic carbocycles. The van der Waals surface area contributed by atoms with Crippen molar-refractivity contribution in [2.75, 3.05) is 13.1 Å². The van der Waals surface area contributed by atoms with Crippen LogP contribution in [0.25, 0.3) is 11.3 Å². The molecule has 2 aliphatic rings. The molecule has 5 nitrogen and oxygen atoms in total. The Morgan fingerprint density at radius 3 is 2.39 bits per heavy atom. The van der Waals surface area contributed by atoms with Crippen LogP contribution in [0.2, 0.25) is 0 Å². The summed E-state index contributed by atoms with van der Waals surface area (Å²) in [5.74, 6) is 0.227. The fraction of sp³-hybridized carbons (Fsp3) is 0.435. The molecule has 1 saturated carbocycles. The second-order valence-electron chi connectivity index (χ2n) is 7.85. The molecule has 2 fully saturated rings. The van der Waals surface area contributed by atoms with E-state index in [0.717, 1.165) is 36.9 Å². The molecule has 0 bridgehead atoms. The molecule has 0 radical (unpaired) electrons. The quantitative estimate of drug-likeness (QED) is 0.884. The van der Waals surface area contributed by atoms with E-state index in [4.69, 9.17) is 0 Å². The number of amides is 2. The maximum atomic E-state index is 12.9. The maximum Gasteiger partial charge on any atom is 0.253 e. The van der Waals surface area contributed by atoms with Gasteiger partial charge in [-0.1, -0.05) is 43.2 Å². The van der Waals surface area contributed by atoms with Gasteiger partial charge in [-0.3, -0.25) is 14.6 Å². The number of pyridine rings is 1. The minimum atomic E-state index is 0.0224. The van der Waals surface area contributed by atoms with Crippen molar-refractivity contribution in [3.63, 3.8) is 0 Å². The summed E-state index contributed by atoms with van der Waals surface area (Å²) in [5, 5.41) is 3.20. The fourth-order valence-corrected chi connectivity index (χ4v) is 4.25. The van der Waals surface area contributed by atoms with Crippen LogP contribution in [0.4, 0.5) is 0 Å². The van der Waals surface area contributed by atoms with Crippen molar-refractivity contribution >= 4 is 11.8 Å². The van der Waals surface area contributed by atoms with Gasteiger partial charge in [-0.05, 0) is 37.8 Å². The van der Waals surface area contributed by atoms with E-state index in [2.05, 4.69) is 10.3 Å². The number of hydrogen-bond acceptors (Lipinski definition) is 3. The Balaban J connectivity index is 1.36. The van der Waals surface area contributed by atoms with E-state index in [9.17, 15) is 9.59 Å².